The molecule has 2 aliphatic heterocycles. The van der Waals surface area contributed by atoms with E-state index in [0.717, 1.165) is 58.4 Å². The molecule has 1 atom stereocenters. The summed E-state index contributed by atoms with van der Waals surface area (Å²) in [4.78, 5) is 30.7. The Balaban J connectivity index is 1.78. The fourth-order valence-corrected chi connectivity index (χ4v) is 3.72. The molecule has 0 aliphatic carbocycles. The van der Waals surface area contributed by atoms with Gasteiger partial charge in [-0.15, -0.1) is 0 Å². The molecule has 0 aromatic rings. The molecule has 2 saturated heterocycles. The van der Waals surface area contributed by atoms with Crippen LogP contribution < -0.4 is 0 Å². The summed E-state index contributed by atoms with van der Waals surface area (Å²) in [5, 5.41) is 0. The van der Waals surface area contributed by atoms with Crippen molar-refractivity contribution in [1.29, 1.82) is 0 Å². The van der Waals surface area contributed by atoms with E-state index in [9.17, 15) is 9.59 Å². The van der Waals surface area contributed by atoms with Crippen molar-refractivity contribution in [2.45, 2.75) is 65.3 Å². The highest BCUT2D eigenvalue weighted by Gasteiger charge is 2.25. The van der Waals surface area contributed by atoms with Crippen molar-refractivity contribution in [2.75, 3.05) is 39.3 Å². The Labute approximate surface area is 153 Å². The van der Waals surface area contributed by atoms with Gasteiger partial charge in [0.15, 0.2) is 0 Å². The number of likely N-dealkylation sites (tertiary alicyclic amines) is 1. The van der Waals surface area contributed by atoms with Crippen LogP contribution in [0.4, 0.5) is 0 Å². The smallest absolute Gasteiger partial charge is 0.242 e. The first kappa shape index (κ1) is 20.0. The zero-order valence-corrected chi connectivity index (χ0v) is 16.3. The normalized spacial score (nSPS) is 21.0. The van der Waals surface area contributed by atoms with Crippen molar-refractivity contribution < 1.29 is 9.59 Å². The van der Waals surface area contributed by atoms with Crippen LogP contribution in [0, 0.1) is 0 Å². The first-order valence-corrected chi connectivity index (χ1v) is 9.90. The third kappa shape index (κ3) is 6.46. The van der Waals surface area contributed by atoms with E-state index < -0.39 is 0 Å². The van der Waals surface area contributed by atoms with E-state index in [-0.39, 0.29) is 18.4 Å². The maximum atomic E-state index is 12.6. The van der Waals surface area contributed by atoms with Crippen molar-refractivity contribution in [1.82, 2.24) is 14.7 Å². The summed E-state index contributed by atoms with van der Waals surface area (Å²) in [6.07, 6.45) is 8.21. The maximum absolute atomic E-state index is 12.6. The number of allylic oxidation sites excluding steroid dienone is 2. The molecular formula is C20H35N3O2. The van der Waals surface area contributed by atoms with Gasteiger partial charge in [-0.1, -0.05) is 11.6 Å². The number of hydrogen-bond donors (Lipinski definition) is 0. The number of amides is 2. The van der Waals surface area contributed by atoms with Crippen LogP contribution in [0.15, 0.2) is 11.6 Å². The second-order valence-corrected chi connectivity index (χ2v) is 7.75. The lowest BCUT2D eigenvalue weighted by Gasteiger charge is -2.30. The first-order valence-electron chi connectivity index (χ1n) is 9.90. The third-order valence-electron chi connectivity index (χ3n) is 5.39. The van der Waals surface area contributed by atoms with Crippen LogP contribution in [-0.4, -0.2) is 71.8 Å². The van der Waals surface area contributed by atoms with Gasteiger partial charge < -0.3 is 9.80 Å². The summed E-state index contributed by atoms with van der Waals surface area (Å²) in [6, 6.07) is 0.550. The largest absolute Gasteiger partial charge is 0.340 e. The van der Waals surface area contributed by atoms with E-state index >= 15 is 0 Å². The maximum Gasteiger partial charge on any atom is 0.242 e. The lowest BCUT2D eigenvalue weighted by atomic mass is 10.1. The number of rotatable bonds is 6. The van der Waals surface area contributed by atoms with E-state index in [4.69, 9.17) is 0 Å². The zero-order valence-electron chi connectivity index (χ0n) is 16.3. The SMILES string of the molecule is CC(C)=CCCC(C)N1CCCN(C(=O)CN2CCCCC2=O)CC1. The van der Waals surface area contributed by atoms with Crippen molar-refractivity contribution in [2.24, 2.45) is 0 Å². The van der Waals surface area contributed by atoms with E-state index in [2.05, 4.69) is 31.7 Å². The molecule has 0 spiro atoms. The lowest BCUT2D eigenvalue weighted by molar-refractivity contribution is -0.141. The van der Waals surface area contributed by atoms with Gasteiger partial charge in [-0.25, -0.2) is 0 Å². The predicted molar refractivity (Wildman–Crippen MR) is 101 cm³/mol. The minimum Gasteiger partial charge on any atom is -0.340 e. The van der Waals surface area contributed by atoms with Gasteiger partial charge in [0.05, 0.1) is 6.54 Å². The topological polar surface area (TPSA) is 43.9 Å². The molecule has 2 amide bonds. The Bertz CT molecular complexity index is 485. The van der Waals surface area contributed by atoms with Crippen molar-refractivity contribution in [3.05, 3.63) is 11.6 Å². The molecule has 0 bridgehead atoms. The molecule has 0 aromatic heterocycles. The summed E-state index contributed by atoms with van der Waals surface area (Å²) in [7, 11) is 0. The monoisotopic (exact) mass is 349 g/mol. The number of carbonyl (C=O) groups is 2. The van der Waals surface area contributed by atoms with Gasteiger partial charge >= 0.3 is 0 Å². The average Bonchev–Trinajstić information content (AvgIpc) is 2.82. The van der Waals surface area contributed by atoms with Gasteiger partial charge in [0.2, 0.25) is 11.8 Å². The fraction of sp³-hybridized carbons (Fsp3) is 0.800. The predicted octanol–water partition coefficient (Wildman–Crippen LogP) is 2.67. The van der Waals surface area contributed by atoms with Crippen LogP contribution >= 0.6 is 0 Å². The molecule has 1 unspecified atom stereocenters. The molecule has 2 rings (SSSR count). The quantitative estimate of drug-likeness (QED) is 0.693. The molecule has 2 aliphatic rings. The fourth-order valence-electron chi connectivity index (χ4n) is 3.72. The zero-order chi connectivity index (χ0) is 18.2. The Hall–Kier alpha value is -1.36. The van der Waals surface area contributed by atoms with Crippen molar-refractivity contribution >= 4 is 11.8 Å². The highest BCUT2D eigenvalue weighted by Crippen LogP contribution is 2.14. The summed E-state index contributed by atoms with van der Waals surface area (Å²) < 4.78 is 0. The highest BCUT2D eigenvalue weighted by molar-refractivity contribution is 5.85. The molecule has 5 nitrogen and oxygen atoms in total. The molecule has 0 radical (unpaired) electrons. The lowest BCUT2D eigenvalue weighted by Crippen LogP contribution is -2.46. The number of carbonyl (C=O) groups excluding carboxylic acids is 2. The Morgan fingerprint density at radius 2 is 1.88 bits per heavy atom. The van der Waals surface area contributed by atoms with E-state index in [1.54, 1.807) is 4.90 Å². The Morgan fingerprint density at radius 1 is 1.08 bits per heavy atom. The standard InChI is InChI=1S/C20H35N3O2/c1-17(2)8-6-9-18(3)21-12-7-13-22(15-14-21)20(25)16-23-11-5-4-10-19(23)24/h8,18H,4-7,9-16H2,1-3H3. The molecule has 2 heterocycles. The molecule has 0 saturated carbocycles. The van der Waals surface area contributed by atoms with Gasteiger partial charge in [-0.3, -0.25) is 14.5 Å². The van der Waals surface area contributed by atoms with E-state index in [0.29, 0.717) is 12.5 Å². The molecule has 0 N–H and O–H groups in total. The Kier molecular flexibility index (Phi) is 7.94. The second kappa shape index (κ2) is 9.95. The van der Waals surface area contributed by atoms with Crippen LogP contribution in [0.5, 0.6) is 0 Å². The van der Waals surface area contributed by atoms with Gasteiger partial charge in [-0.2, -0.15) is 0 Å². The van der Waals surface area contributed by atoms with Gasteiger partial charge in [0.1, 0.15) is 0 Å². The average molecular weight is 350 g/mol. The van der Waals surface area contributed by atoms with Crippen LogP contribution in [0.3, 0.4) is 0 Å². The first-order chi connectivity index (χ1) is 12.0. The summed E-state index contributed by atoms with van der Waals surface area (Å²) in [5.41, 5.74) is 1.38. The summed E-state index contributed by atoms with van der Waals surface area (Å²) in [5.74, 6) is 0.262. The van der Waals surface area contributed by atoms with Crippen LogP contribution in [0.2, 0.25) is 0 Å². The van der Waals surface area contributed by atoms with Crippen LogP contribution in [-0.2, 0) is 9.59 Å². The molecule has 142 valence electrons. The molecule has 5 heteroatoms. The van der Waals surface area contributed by atoms with E-state index in [1.165, 1.54) is 12.0 Å². The number of piperidine rings is 1. The van der Waals surface area contributed by atoms with Crippen molar-refractivity contribution in [3.8, 4) is 0 Å². The minimum absolute atomic E-state index is 0.120. The van der Waals surface area contributed by atoms with E-state index in [1.807, 2.05) is 4.90 Å². The van der Waals surface area contributed by atoms with Gasteiger partial charge in [-0.05, 0) is 52.9 Å². The Morgan fingerprint density at radius 3 is 2.60 bits per heavy atom. The van der Waals surface area contributed by atoms with Crippen molar-refractivity contribution in [3.63, 3.8) is 0 Å². The molecule has 25 heavy (non-hydrogen) atoms. The van der Waals surface area contributed by atoms with Gasteiger partial charge in [0.25, 0.3) is 0 Å². The van der Waals surface area contributed by atoms with Crippen LogP contribution in [0.25, 0.3) is 0 Å². The van der Waals surface area contributed by atoms with Crippen LogP contribution in [0.1, 0.15) is 59.3 Å². The second-order valence-electron chi connectivity index (χ2n) is 7.75. The minimum atomic E-state index is 0.120. The highest BCUT2D eigenvalue weighted by atomic mass is 16.2. The van der Waals surface area contributed by atoms with Gasteiger partial charge in [0, 0.05) is 45.2 Å². The molecule has 0 aromatic carbocycles. The molecule has 2 fully saturated rings. The third-order valence-corrected chi connectivity index (χ3v) is 5.39. The summed E-state index contributed by atoms with van der Waals surface area (Å²) >= 11 is 0. The number of nitrogens with zero attached hydrogens (tertiary/aromatic N) is 3. The number of hydrogen-bond acceptors (Lipinski definition) is 3. The summed E-state index contributed by atoms with van der Waals surface area (Å²) in [6.45, 7) is 11.2. The molecular weight excluding hydrogens is 314 g/mol.